The molecule has 4 nitrogen and oxygen atoms in total. The molecule has 1 aliphatic rings. The van der Waals surface area contributed by atoms with Crippen LogP contribution in [0.4, 0.5) is 0 Å². The van der Waals surface area contributed by atoms with Gasteiger partial charge in [0.1, 0.15) is 0 Å². The second-order valence-electron chi connectivity index (χ2n) is 23.7. The van der Waals surface area contributed by atoms with E-state index in [0.717, 1.165) is 0 Å². The van der Waals surface area contributed by atoms with E-state index < -0.39 is 85.3 Å². The van der Waals surface area contributed by atoms with Crippen LogP contribution in [-0.4, -0.2) is 64.8 Å². The molecule has 1 heterocycles. The summed E-state index contributed by atoms with van der Waals surface area (Å²) in [4.78, 5) is 0. The fraction of sp³-hybridized carbons (Fsp3) is 0.194. The average Bonchev–Trinajstić information content (AvgIpc) is 2.81. The Hall–Kier alpha value is -2.61. The molecule has 0 aromatic heterocycles. The van der Waals surface area contributed by atoms with Crippen LogP contribution >= 0.6 is 45.0 Å². The van der Waals surface area contributed by atoms with Gasteiger partial charge in [-0.05, 0) is 0 Å². The molecule has 0 atom stereocenters. The maximum absolute atomic E-state index is 6.70. The number of hydrogen-bond acceptors (Lipinski definition) is 4. The van der Waals surface area contributed by atoms with Gasteiger partial charge in [-0.2, -0.15) is 0 Å². The summed E-state index contributed by atoms with van der Waals surface area (Å²) in [5, 5.41) is 10.9. The van der Waals surface area contributed by atoms with Crippen LogP contribution in [0.5, 0.6) is 0 Å². The molecule has 0 bridgehead atoms. The van der Waals surface area contributed by atoms with Crippen LogP contribution < -0.4 is 42.4 Å². The minimum atomic E-state index is -2.81. The summed E-state index contributed by atoms with van der Waals surface area (Å²) in [5.41, 5.74) is 0. The zero-order chi connectivity index (χ0) is 55.5. The molecule has 2 radical (unpaired) electrons. The summed E-state index contributed by atoms with van der Waals surface area (Å²) in [6, 6.07) is 93.5. The molecule has 0 aliphatic carbocycles. The summed E-state index contributed by atoms with van der Waals surface area (Å²) in [6.07, 6.45) is 0. The molecule has 0 amide bonds. The predicted octanol–water partition coefficient (Wildman–Crippen LogP) is 16.7. The summed E-state index contributed by atoms with van der Waals surface area (Å²) >= 11 is -5.37. The van der Waals surface area contributed by atoms with Crippen molar-refractivity contribution in [3.05, 3.63) is 252 Å². The molecular weight excluding hydrogens is 1250 g/mol. The zero-order valence-corrected chi connectivity index (χ0v) is 60.9. The van der Waals surface area contributed by atoms with E-state index >= 15 is 0 Å². The van der Waals surface area contributed by atoms with Crippen LogP contribution in [0.25, 0.3) is 9.51 Å². The van der Waals surface area contributed by atoms with Crippen LogP contribution in [0.1, 0.15) is 0 Å². The third-order valence-corrected chi connectivity index (χ3v) is 123. The quantitative estimate of drug-likeness (QED) is 0.0635. The van der Waals surface area contributed by atoms with Gasteiger partial charge in [-0.3, -0.25) is 0 Å². The second kappa shape index (κ2) is 24.7. The fourth-order valence-corrected chi connectivity index (χ4v) is 159. The van der Waals surface area contributed by atoms with E-state index in [1.807, 2.05) is 0 Å². The van der Waals surface area contributed by atoms with Gasteiger partial charge in [0, 0.05) is 0 Å². The summed E-state index contributed by atoms with van der Waals surface area (Å²) in [5.74, 6) is 0. The van der Waals surface area contributed by atoms with E-state index in [1.54, 1.807) is 7.73 Å². The summed E-state index contributed by atoms with van der Waals surface area (Å²) < 4.78 is 30.2. The van der Waals surface area contributed by atoms with Crippen molar-refractivity contribution < 1.29 is 0 Å². The third kappa shape index (κ3) is 12.8. The van der Waals surface area contributed by atoms with E-state index in [4.69, 9.17) is 18.3 Å². The van der Waals surface area contributed by atoms with E-state index in [2.05, 4.69) is 338 Å². The molecule has 1 fully saturated rings. The Labute approximate surface area is 487 Å². The van der Waals surface area contributed by atoms with Crippen LogP contribution in [0, 0.1) is 0 Å². The Kier molecular flexibility index (Phi) is 19.0. The first-order chi connectivity index (χ1) is 37.1. The second-order valence-corrected chi connectivity index (χ2v) is 91.6. The van der Waals surface area contributed by atoms with E-state index in [-0.39, 0.29) is 0 Å². The van der Waals surface area contributed by atoms with Crippen molar-refractivity contribution in [3.8, 4) is 0 Å². The van der Waals surface area contributed by atoms with Crippen LogP contribution in [0.15, 0.2) is 251 Å². The molecule has 0 spiro atoms. The standard InChI is InChI=1S/C62H76Ge2N4P4S2Si4/c1-75(2,3)65-69(53-37-21-13-22-38-53,54-39-23-14-24-40-54)61(70(66-76(4,5)6,55-41-25-15-26-42-55)56-43-27-16-28-44-56)63-73-64(74-63)62(71(67-77(7,8)9,57-45-29-17-30-46-57)58-47-31-18-32-48-58)72(68-78(10,11)12,59-49-33-19-34-50-59)60-51-35-20-36-52-60/h13-52H,1-12H3/q-2. The van der Waals surface area contributed by atoms with Gasteiger partial charge in [0.25, 0.3) is 0 Å². The molecule has 402 valence electrons. The Morgan fingerprint density at radius 1 is 0.295 bits per heavy atom. The molecule has 0 N–H and O–H groups in total. The summed E-state index contributed by atoms with van der Waals surface area (Å²) in [6.45, 7) is 29.8. The van der Waals surface area contributed by atoms with Gasteiger partial charge in [0.2, 0.25) is 0 Å². The first kappa shape index (κ1) is 60.0. The molecule has 8 aromatic carbocycles. The van der Waals surface area contributed by atoms with Gasteiger partial charge in [-0.15, -0.1) is 0 Å². The van der Waals surface area contributed by atoms with Crippen molar-refractivity contribution in [2.45, 2.75) is 78.6 Å². The first-order valence-corrected chi connectivity index (χ1v) is 61.7. The number of benzene rings is 8. The Morgan fingerprint density at radius 3 is 0.641 bits per heavy atom. The summed E-state index contributed by atoms with van der Waals surface area (Å²) in [7, 11) is -15.3. The van der Waals surface area contributed by atoms with Crippen molar-refractivity contribution >= 4 is 152 Å². The van der Waals surface area contributed by atoms with Gasteiger partial charge < -0.3 is 0 Å². The molecule has 16 heteroatoms. The number of hydrogen-bond donors (Lipinski definition) is 0. The van der Waals surface area contributed by atoms with Crippen LogP contribution in [0.2, 0.25) is 78.6 Å². The zero-order valence-electron chi connectivity index (χ0n) is 47.5. The molecule has 78 heavy (non-hydrogen) atoms. The topological polar surface area (TPSA) is 52.9 Å². The van der Waals surface area contributed by atoms with E-state index in [9.17, 15) is 0 Å². The minimum absolute atomic E-state index is 1.36. The predicted molar refractivity (Wildman–Crippen MR) is 378 cm³/mol. The normalized spacial score (nSPS) is 14.3. The molecule has 1 aliphatic heterocycles. The SMILES string of the molecule is C[Si](C)(C)N=P([C]([Ge]1[S][Ge]([C](P(=N[Si](C)(C)C)(c2ccccc2)c2ccccc2)=P([N-][Si](C)(C)C)(c2ccccc2)c2ccccc2)[S]1)=P([N-][Si](C)(C)C)(c1ccccc1)c1ccccc1)(c1ccccc1)c1ccccc1. The van der Waals surface area contributed by atoms with Crippen molar-refractivity contribution in [1.82, 2.24) is 0 Å². The van der Waals surface area contributed by atoms with E-state index in [0.29, 0.717) is 0 Å². The van der Waals surface area contributed by atoms with Gasteiger partial charge in [-0.25, -0.2) is 0 Å². The van der Waals surface area contributed by atoms with E-state index in [1.165, 1.54) is 42.4 Å². The molecule has 1 saturated heterocycles. The van der Waals surface area contributed by atoms with Crippen LogP contribution in [-0.2, 0) is 0 Å². The van der Waals surface area contributed by atoms with Gasteiger partial charge in [0.15, 0.2) is 0 Å². The molecule has 0 unspecified atom stereocenters. The molecular formula is C62H76Ge2N4P4S2Si4-2. The Bertz CT molecular complexity index is 3130. The Morgan fingerprint density at radius 2 is 0.474 bits per heavy atom. The van der Waals surface area contributed by atoms with Crippen molar-refractivity contribution in [1.29, 1.82) is 0 Å². The van der Waals surface area contributed by atoms with Crippen molar-refractivity contribution in [2.75, 3.05) is 0 Å². The Balaban J connectivity index is 1.56. The third-order valence-electron chi connectivity index (χ3n) is 12.8. The number of rotatable bonds is 18. The number of nitrogens with zero attached hydrogens (tertiary/aromatic N) is 4. The van der Waals surface area contributed by atoms with Gasteiger partial charge in [-0.1, -0.05) is 0 Å². The molecule has 8 aromatic rings. The monoisotopic (exact) mass is 1320 g/mol. The molecule has 9 rings (SSSR count). The van der Waals surface area contributed by atoms with Gasteiger partial charge >= 0.3 is 492 Å². The average molecular weight is 1320 g/mol. The van der Waals surface area contributed by atoms with Crippen LogP contribution in [0.3, 0.4) is 0 Å². The van der Waals surface area contributed by atoms with Crippen molar-refractivity contribution in [2.24, 2.45) is 8.82 Å². The fourth-order valence-electron chi connectivity index (χ4n) is 10.5. The first-order valence-electron chi connectivity index (χ1n) is 27.0. The maximum atomic E-state index is 6.70. The van der Waals surface area contributed by atoms with Crippen molar-refractivity contribution in [3.63, 3.8) is 0 Å². The molecule has 0 saturated carbocycles. The van der Waals surface area contributed by atoms with Gasteiger partial charge in [0.05, 0.1) is 0 Å².